The Morgan fingerprint density at radius 1 is 0.619 bits per heavy atom. The Bertz CT molecular complexity index is 393. The summed E-state index contributed by atoms with van der Waals surface area (Å²) < 4.78 is 0. The number of nitrogens with two attached hydrogens (primary N) is 2. The van der Waals surface area contributed by atoms with Gasteiger partial charge in [0.05, 0.1) is 0 Å². The van der Waals surface area contributed by atoms with Crippen LogP contribution in [0.4, 0.5) is 0 Å². The van der Waals surface area contributed by atoms with E-state index in [9.17, 15) is 0 Å². The fraction of sp³-hybridized carbons (Fsp3) is 0.250. The van der Waals surface area contributed by atoms with Crippen LogP contribution in [0.25, 0.3) is 0 Å². The summed E-state index contributed by atoms with van der Waals surface area (Å²) in [5.74, 6) is 0. The van der Waals surface area contributed by atoms with E-state index in [1.165, 1.54) is 11.1 Å². The zero-order valence-corrected chi connectivity index (χ0v) is 18.7. The van der Waals surface area contributed by atoms with E-state index < -0.39 is 0 Å². The van der Waals surface area contributed by atoms with E-state index in [0.29, 0.717) is 0 Å². The fourth-order valence-electron chi connectivity index (χ4n) is 1.51. The third kappa shape index (κ3) is 11.7. The molecular formula is C16H22I2N2Pt. The molecule has 0 heterocycles. The molecule has 0 amide bonds. The van der Waals surface area contributed by atoms with Crippen LogP contribution < -0.4 is 59.4 Å². The molecule has 120 valence electrons. The molecule has 2 aromatic rings. The zero-order chi connectivity index (χ0) is 13.4. The van der Waals surface area contributed by atoms with Crippen molar-refractivity contribution in [3.8, 4) is 0 Å². The molecule has 0 saturated heterocycles. The van der Waals surface area contributed by atoms with Crippen molar-refractivity contribution in [1.29, 1.82) is 0 Å². The molecule has 5 heteroatoms. The van der Waals surface area contributed by atoms with Crippen molar-refractivity contribution in [3.63, 3.8) is 0 Å². The van der Waals surface area contributed by atoms with Crippen LogP contribution in [0, 0.1) is 0 Å². The average molecular weight is 691 g/mol. The van der Waals surface area contributed by atoms with E-state index in [0.717, 1.165) is 0 Å². The second-order valence-corrected chi connectivity index (χ2v) is 4.40. The third-order valence-electron chi connectivity index (χ3n) is 2.65. The minimum Gasteiger partial charge on any atom is -1.00 e. The predicted molar refractivity (Wildman–Crippen MR) is 78.1 cm³/mol. The Kier molecular flexibility index (Phi) is 19.4. The summed E-state index contributed by atoms with van der Waals surface area (Å²) in [4.78, 5) is 0. The van der Waals surface area contributed by atoms with Gasteiger partial charge >= 0.3 is 21.1 Å². The predicted octanol–water partition coefficient (Wildman–Crippen LogP) is -2.58. The van der Waals surface area contributed by atoms with Gasteiger partial charge in [0.15, 0.2) is 0 Å². The molecule has 0 unspecified atom stereocenters. The van der Waals surface area contributed by atoms with Gasteiger partial charge in [-0.2, -0.15) is 0 Å². The van der Waals surface area contributed by atoms with Gasteiger partial charge in [-0.05, 0) is 25.0 Å². The van der Waals surface area contributed by atoms with Crippen LogP contribution in [-0.4, -0.2) is 0 Å². The Hall–Kier alpha value is 0.508. The monoisotopic (exact) mass is 691 g/mol. The van der Waals surface area contributed by atoms with Crippen LogP contribution in [0.3, 0.4) is 0 Å². The summed E-state index contributed by atoms with van der Waals surface area (Å²) in [6.45, 7) is 3.96. The van der Waals surface area contributed by atoms with E-state index in [1.807, 2.05) is 74.5 Å². The van der Waals surface area contributed by atoms with E-state index in [4.69, 9.17) is 11.5 Å². The Morgan fingerprint density at radius 3 is 1.00 bits per heavy atom. The molecule has 2 aromatic carbocycles. The first-order valence-corrected chi connectivity index (χ1v) is 6.22. The molecule has 21 heavy (non-hydrogen) atoms. The van der Waals surface area contributed by atoms with Gasteiger partial charge in [-0.3, -0.25) is 0 Å². The number of hydrogen-bond acceptors (Lipinski definition) is 2. The van der Waals surface area contributed by atoms with Crippen molar-refractivity contribution >= 4 is 0 Å². The van der Waals surface area contributed by atoms with E-state index in [1.54, 1.807) is 0 Å². The van der Waals surface area contributed by atoms with Crippen LogP contribution in [0.1, 0.15) is 37.1 Å². The van der Waals surface area contributed by atoms with Gasteiger partial charge in [-0.25, -0.2) is 0 Å². The molecule has 2 atom stereocenters. The molecule has 2 rings (SSSR count). The second kappa shape index (κ2) is 15.4. The molecular weight excluding hydrogens is 669 g/mol. The minimum atomic E-state index is 0. The molecule has 0 spiro atoms. The van der Waals surface area contributed by atoms with Crippen LogP contribution in [-0.2, 0) is 21.1 Å². The van der Waals surface area contributed by atoms with Crippen LogP contribution >= 0.6 is 0 Å². The van der Waals surface area contributed by atoms with Gasteiger partial charge in [0.25, 0.3) is 0 Å². The van der Waals surface area contributed by atoms with E-state index in [2.05, 4.69) is 0 Å². The topological polar surface area (TPSA) is 52.0 Å². The van der Waals surface area contributed by atoms with Crippen molar-refractivity contribution in [2.75, 3.05) is 0 Å². The first-order valence-electron chi connectivity index (χ1n) is 6.22. The molecule has 0 bridgehead atoms. The van der Waals surface area contributed by atoms with Gasteiger partial charge in [0.1, 0.15) is 0 Å². The maximum absolute atomic E-state index is 5.61. The van der Waals surface area contributed by atoms with Gasteiger partial charge in [-0.1, -0.05) is 60.7 Å². The van der Waals surface area contributed by atoms with E-state index in [-0.39, 0.29) is 81.1 Å². The SMILES string of the molecule is C[C@@H](N)c1ccccc1.C[C@@H](N)c1ccccc1.[I-].[I-].[Pt+2]. The summed E-state index contributed by atoms with van der Waals surface area (Å²) in [7, 11) is 0. The summed E-state index contributed by atoms with van der Waals surface area (Å²) in [6, 6.07) is 20.4. The summed E-state index contributed by atoms with van der Waals surface area (Å²) in [5, 5.41) is 0. The molecule has 0 aliphatic carbocycles. The third-order valence-corrected chi connectivity index (χ3v) is 2.65. The first kappa shape index (κ1) is 26.4. The van der Waals surface area contributed by atoms with Crippen molar-refractivity contribution < 1.29 is 69.0 Å². The normalized spacial score (nSPS) is 11.2. The van der Waals surface area contributed by atoms with Crippen LogP contribution in [0.2, 0.25) is 0 Å². The maximum atomic E-state index is 5.61. The molecule has 0 fully saturated rings. The fourth-order valence-corrected chi connectivity index (χ4v) is 1.51. The Labute approximate surface area is 176 Å². The summed E-state index contributed by atoms with van der Waals surface area (Å²) in [5.41, 5.74) is 13.6. The number of rotatable bonds is 2. The van der Waals surface area contributed by atoms with Gasteiger partial charge < -0.3 is 59.4 Å². The van der Waals surface area contributed by atoms with Crippen LogP contribution in [0.15, 0.2) is 60.7 Å². The summed E-state index contributed by atoms with van der Waals surface area (Å²) >= 11 is 0. The molecule has 0 aliphatic heterocycles. The van der Waals surface area contributed by atoms with Crippen molar-refractivity contribution in [2.24, 2.45) is 11.5 Å². The average Bonchev–Trinajstić information content (AvgIpc) is 2.41. The van der Waals surface area contributed by atoms with Crippen molar-refractivity contribution in [1.82, 2.24) is 0 Å². The van der Waals surface area contributed by atoms with Gasteiger partial charge in [0, 0.05) is 12.1 Å². The number of halogens is 2. The zero-order valence-electron chi connectivity index (χ0n) is 12.2. The standard InChI is InChI=1S/2C8H11N.2HI.Pt/c2*1-7(9)8-5-3-2-4-6-8;;;/h2*2-7H,9H2,1H3;2*1H;/q;;;;+2/p-2/t2*7-;;;/m11.../s1. The molecule has 0 aliphatic rings. The maximum Gasteiger partial charge on any atom is 2.00 e. The summed E-state index contributed by atoms with van der Waals surface area (Å²) in [6.07, 6.45) is 0. The second-order valence-electron chi connectivity index (χ2n) is 4.40. The molecule has 0 radical (unpaired) electrons. The van der Waals surface area contributed by atoms with Gasteiger partial charge in [0.2, 0.25) is 0 Å². The number of benzene rings is 2. The largest absolute Gasteiger partial charge is 2.00 e. The molecule has 2 nitrogen and oxygen atoms in total. The first-order chi connectivity index (χ1) is 8.61. The van der Waals surface area contributed by atoms with E-state index >= 15 is 0 Å². The molecule has 0 saturated carbocycles. The minimum absolute atomic E-state index is 0. The molecule has 4 N–H and O–H groups in total. The molecule has 0 aromatic heterocycles. The quantitative estimate of drug-likeness (QED) is 0.341. The van der Waals surface area contributed by atoms with Crippen molar-refractivity contribution in [3.05, 3.63) is 71.8 Å². The Morgan fingerprint density at radius 2 is 0.857 bits per heavy atom. The van der Waals surface area contributed by atoms with Crippen molar-refractivity contribution in [2.45, 2.75) is 25.9 Å². The number of hydrogen-bond donors (Lipinski definition) is 2. The van der Waals surface area contributed by atoms with Crippen LogP contribution in [0.5, 0.6) is 0 Å². The Balaban J connectivity index is -0.000000270. The van der Waals surface area contributed by atoms with Gasteiger partial charge in [-0.15, -0.1) is 0 Å². The smallest absolute Gasteiger partial charge is 1.00 e.